The number of nitrogens with one attached hydrogen (secondary N) is 2. The van der Waals surface area contributed by atoms with E-state index in [1.807, 2.05) is 39.1 Å². The van der Waals surface area contributed by atoms with Gasteiger partial charge in [-0.3, -0.25) is 9.69 Å². The number of aromatic nitrogens is 3. The van der Waals surface area contributed by atoms with E-state index >= 15 is 0 Å². The molecule has 50 heavy (non-hydrogen) atoms. The standard InChI is InChI=1S/C40H46N6O4/c1-26-32(29-14-12-28(13-15-29)23-41-19-21-47)8-6-10-34(26)35-11-7-9-33(27(35)2)30-18-20-46-37(22-30)43-36(44-46)25-45(39(49)50-40(3,4)5)24-31-16-17-38(48)42-31/h6-15,18,20,22,31,41,47H,16-17,19,21,23-25H2,1-5H3,(H,42,48)/t31-/m0/s1. The van der Waals surface area contributed by atoms with Crippen molar-refractivity contribution in [1.82, 2.24) is 30.1 Å². The van der Waals surface area contributed by atoms with Gasteiger partial charge in [0, 0.05) is 38.3 Å². The van der Waals surface area contributed by atoms with E-state index in [1.54, 1.807) is 9.42 Å². The van der Waals surface area contributed by atoms with Crippen molar-refractivity contribution in [3.05, 3.63) is 102 Å². The Kier molecular flexibility index (Phi) is 10.3. The van der Waals surface area contributed by atoms with Crippen molar-refractivity contribution in [2.24, 2.45) is 0 Å². The van der Waals surface area contributed by atoms with Crippen molar-refractivity contribution in [2.75, 3.05) is 19.7 Å². The predicted molar refractivity (Wildman–Crippen MR) is 195 cm³/mol. The molecule has 1 saturated heterocycles. The molecule has 0 spiro atoms. The van der Waals surface area contributed by atoms with Crippen LogP contribution in [0.1, 0.15) is 56.1 Å². The zero-order valence-electron chi connectivity index (χ0n) is 29.5. The third-order valence-electron chi connectivity index (χ3n) is 9.04. The number of rotatable bonds is 11. The first kappa shape index (κ1) is 34.8. The molecule has 0 unspecified atom stereocenters. The van der Waals surface area contributed by atoms with Crippen LogP contribution in [0, 0.1) is 13.8 Å². The minimum absolute atomic E-state index is 0.00545. The molecule has 2 amide bonds. The fourth-order valence-corrected chi connectivity index (χ4v) is 6.54. The molecule has 5 aromatic rings. The van der Waals surface area contributed by atoms with E-state index < -0.39 is 11.7 Å². The van der Waals surface area contributed by atoms with Gasteiger partial charge in [0.15, 0.2) is 11.5 Å². The second kappa shape index (κ2) is 14.8. The van der Waals surface area contributed by atoms with Gasteiger partial charge < -0.3 is 20.5 Å². The van der Waals surface area contributed by atoms with Crippen molar-refractivity contribution < 1.29 is 19.4 Å². The summed E-state index contributed by atoms with van der Waals surface area (Å²) in [7, 11) is 0. The van der Waals surface area contributed by atoms with E-state index in [9.17, 15) is 9.59 Å². The molecule has 0 aliphatic carbocycles. The number of carbonyl (C=O) groups excluding carboxylic acids is 2. The average molecular weight is 675 g/mol. The number of nitrogens with zero attached hydrogens (tertiary/aromatic N) is 4. The van der Waals surface area contributed by atoms with Gasteiger partial charge in [-0.25, -0.2) is 14.3 Å². The fourth-order valence-electron chi connectivity index (χ4n) is 6.54. The topological polar surface area (TPSA) is 121 Å². The summed E-state index contributed by atoms with van der Waals surface area (Å²) in [5.74, 6) is 0.485. The lowest BCUT2D eigenvalue weighted by atomic mass is 9.88. The number of pyridine rings is 1. The van der Waals surface area contributed by atoms with E-state index in [1.165, 1.54) is 27.8 Å². The van der Waals surface area contributed by atoms with Gasteiger partial charge in [-0.05, 0) is 103 Å². The van der Waals surface area contributed by atoms with Gasteiger partial charge in [0.05, 0.1) is 13.2 Å². The third kappa shape index (κ3) is 8.04. The highest BCUT2D eigenvalue weighted by Gasteiger charge is 2.29. The SMILES string of the molecule is Cc1c(-c2ccc(CNCCO)cc2)cccc1-c1cccc(-c2ccn3nc(CN(C[C@@H]4CCC(=O)N4)C(=O)OC(C)(C)C)nc3c2)c1C. The lowest BCUT2D eigenvalue weighted by Gasteiger charge is -2.28. The molecular formula is C40H46N6O4. The highest BCUT2D eigenvalue weighted by atomic mass is 16.6. The number of ether oxygens (including phenoxy) is 1. The summed E-state index contributed by atoms with van der Waals surface area (Å²) in [4.78, 5) is 31.4. The number of benzene rings is 3. The number of carbonyl (C=O) groups is 2. The largest absolute Gasteiger partial charge is 0.444 e. The molecule has 0 radical (unpaired) electrons. The van der Waals surface area contributed by atoms with Gasteiger partial charge in [0.2, 0.25) is 5.91 Å². The summed E-state index contributed by atoms with van der Waals surface area (Å²) in [6.45, 7) is 11.7. The molecule has 1 aliphatic heterocycles. The second-order valence-electron chi connectivity index (χ2n) is 14.0. The first-order valence-corrected chi connectivity index (χ1v) is 17.2. The Labute approximate surface area is 293 Å². The van der Waals surface area contributed by atoms with Crippen LogP contribution in [0.4, 0.5) is 4.79 Å². The predicted octanol–water partition coefficient (Wildman–Crippen LogP) is 6.44. The van der Waals surface area contributed by atoms with Gasteiger partial charge >= 0.3 is 6.09 Å². The molecule has 260 valence electrons. The molecule has 3 heterocycles. The van der Waals surface area contributed by atoms with Crippen LogP contribution in [0.25, 0.3) is 39.0 Å². The van der Waals surface area contributed by atoms with Crippen LogP contribution >= 0.6 is 0 Å². The minimum Gasteiger partial charge on any atom is -0.444 e. The van der Waals surface area contributed by atoms with Crippen LogP contribution < -0.4 is 10.6 Å². The summed E-state index contributed by atoms with van der Waals surface area (Å²) in [6, 6.07) is 25.4. The molecule has 0 saturated carbocycles. The molecule has 3 N–H and O–H groups in total. The number of amides is 2. The maximum atomic E-state index is 13.2. The van der Waals surface area contributed by atoms with Crippen LogP contribution in [-0.2, 0) is 22.6 Å². The van der Waals surface area contributed by atoms with Crippen LogP contribution in [0.5, 0.6) is 0 Å². The van der Waals surface area contributed by atoms with Crippen molar-refractivity contribution in [3.8, 4) is 33.4 Å². The number of hydrogen-bond acceptors (Lipinski definition) is 7. The Morgan fingerprint density at radius 2 is 1.64 bits per heavy atom. The molecule has 6 rings (SSSR count). The monoisotopic (exact) mass is 674 g/mol. The van der Waals surface area contributed by atoms with E-state index in [4.69, 9.17) is 14.8 Å². The summed E-state index contributed by atoms with van der Waals surface area (Å²) in [5.41, 5.74) is 10.4. The van der Waals surface area contributed by atoms with Crippen LogP contribution in [0.3, 0.4) is 0 Å². The number of aliphatic hydroxyl groups is 1. The second-order valence-corrected chi connectivity index (χ2v) is 14.0. The summed E-state index contributed by atoms with van der Waals surface area (Å²) < 4.78 is 7.41. The maximum Gasteiger partial charge on any atom is 0.410 e. The quantitative estimate of drug-likeness (QED) is 0.138. The fraction of sp³-hybridized carbons (Fsp3) is 0.350. The highest BCUT2D eigenvalue weighted by molar-refractivity contribution is 5.84. The molecule has 2 aromatic heterocycles. The summed E-state index contributed by atoms with van der Waals surface area (Å²) in [5, 5.41) is 19.9. The molecule has 1 fully saturated rings. The van der Waals surface area contributed by atoms with Gasteiger partial charge in [-0.2, -0.15) is 0 Å². The molecule has 0 bridgehead atoms. The number of aliphatic hydroxyl groups excluding tert-OH is 1. The average Bonchev–Trinajstić information content (AvgIpc) is 3.69. The summed E-state index contributed by atoms with van der Waals surface area (Å²) in [6.07, 6.45) is 2.55. The van der Waals surface area contributed by atoms with Gasteiger partial charge in [0.1, 0.15) is 5.60 Å². The Morgan fingerprint density at radius 3 is 2.26 bits per heavy atom. The zero-order chi connectivity index (χ0) is 35.4. The minimum atomic E-state index is -0.660. The first-order valence-electron chi connectivity index (χ1n) is 17.2. The van der Waals surface area contributed by atoms with Crippen molar-refractivity contribution in [1.29, 1.82) is 0 Å². The molecule has 3 aromatic carbocycles. The Bertz CT molecular complexity index is 2000. The summed E-state index contributed by atoms with van der Waals surface area (Å²) >= 11 is 0. The van der Waals surface area contributed by atoms with Gasteiger partial charge in [0.25, 0.3) is 0 Å². The van der Waals surface area contributed by atoms with Crippen LogP contribution in [0.15, 0.2) is 79.0 Å². The smallest absolute Gasteiger partial charge is 0.410 e. The maximum absolute atomic E-state index is 13.2. The van der Waals surface area contributed by atoms with Gasteiger partial charge in [-0.1, -0.05) is 60.7 Å². The van der Waals surface area contributed by atoms with E-state index in [0.29, 0.717) is 37.4 Å². The highest BCUT2D eigenvalue weighted by Crippen LogP contribution is 2.37. The van der Waals surface area contributed by atoms with Crippen LogP contribution in [-0.4, -0.2) is 67.9 Å². The normalized spacial score (nSPS) is 14.6. The molecule has 10 heteroatoms. The first-order chi connectivity index (χ1) is 24.0. The third-order valence-corrected chi connectivity index (χ3v) is 9.04. The van der Waals surface area contributed by atoms with Gasteiger partial charge in [-0.15, -0.1) is 5.10 Å². The number of hydrogen-bond donors (Lipinski definition) is 3. The van der Waals surface area contributed by atoms with Crippen molar-refractivity contribution in [2.45, 2.75) is 72.2 Å². The molecule has 1 atom stereocenters. The number of fused-ring (bicyclic) bond motifs is 1. The van der Waals surface area contributed by atoms with E-state index in [-0.39, 0.29) is 25.1 Å². The molecule has 10 nitrogen and oxygen atoms in total. The lowest BCUT2D eigenvalue weighted by Crippen LogP contribution is -2.44. The Balaban J connectivity index is 1.25. The molecule has 1 aliphatic rings. The van der Waals surface area contributed by atoms with Crippen molar-refractivity contribution in [3.63, 3.8) is 0 Å². The Morgan fingerprint density at radius 1 is 0.980 bits per heavy atom. The lowest BCUT2D eigenvalue weighted by molar-refractivity contribution is -0.119. The van der Waals surface area contributed by atoms with Crippen molar-refractivity contribution >= 4 is 17.6 Å². The van der Waals surface area contributed by atoms with Crippen LogP contribution in [0.2, 0.25) is 0 Å². The Hall–Kier alpha value is -5.06. The van der Waals surface area contributed by atoms with E-state index in [2.05, 4.69) is 90.2 Å². The zero-order valence-corrected chi connectivity index (χ0v) is 29.5. The molecular weight excluding hydrogens is 628 g/mol. The van der Waals surface area contributed by atoms with E-state index in [0.717, 1.165) is 28.8 Å².